The molecule has 0 bridgehead atoms. The maximum absolute atomic E-state index is 12.0. The van der Waals surface area contributed by atoms with Gasteiger partial charge in [-0.3, -0.25) is 9.78 Å². The average Bonchev–Trinajstić information content (AvgIpc) is 2.67. The van der Waals surface area contributed by atoms with Crippen molar-refractivity contribution in [2.24, 2.45) is 0 Å². The number of aromatic nitrogens is 1. The minimum atomic E-state index is 0.0232. The van der Waals surface area contributed by atoms with Gasteiger partial charge in [0.15, 0.2) is 0 Å². The van der Waals surface area contributed by atoms with Crippen LogP contribution in [0.25, 0.3) is 11.1 Å². The zero-order valence-corrected chi connectivity index (χ0v) is 14.2. The fourth-order valence-electron chi connectivity index (χ4n) is 2.94. The molecule has 2 aromatic carbocycles. The van der Waals surface area contributed by atoms with Crippen LogP contribution in [0.15, 0.2) is 73.1 Å². The Bertz CT molecular complexity index is 824. The van der Waals surface area contributed by atoms with E-state index >= 15 is 0 Å². The highest BCUT2D eigenvalue weighted by atomic mass is 16.3. The van der Waals surface area contributed by atoms with E-state index in [0.29, 0.717) is 12.8 Å². The third kappa shape index (κ3) is 4.13. The van der Waals surface area contributed by atoms with Gasteiger partial charge in [0, 0.05) is 31.2 Å². The Morgan fingerprint density at radius 1 is 0.960 bits per heavy atom. The summed E-state index contributed by atoms with van der Waals surface area (Å²) >= 11 is 0. The van der Waals surface area contributed by atoms with Gasteiger partial charge in [-0.15, -0.1) is 0 Å². The second-order valence-corrected chi connectivity index (χ2v) is 6.10. The van der Waals surface area contributed by atoms with Gasteiger partial charge < -0.3 is 5.11 Å². The lowest BCUT2D eigenvalue weighted by molar-refractivity contribution is -0.118. The minimum Gasteiger partial charge on any atom is -0.508 e. The second-order valence-electron chi connectivity index (χ2n) is 6.10. The van der Waals surface area contributed by atoms with Crippen molar-refractivity contribution < 1.29 is 9.90 Å². The number of phenolic OH excluding ortho intramolecular Hbond substituents is 1. The molecule has 1 unspecified atom stereocenters. The normalized spacial score (nSPS) is 11.9. The molecular formula is C22H21NO2. The maximum atomic E-state index is 12.0. The van der Waals surface area contributed by atoms with Gasteiger partial charge in [-0.1, -0.05) is 49.4 Å². The first kappa shape index (κ1) is 16.9. The summed E-state index contributed by atoms with van der Waals surface area (Å²) in [7, 11) is 0. The van der Waals surface area contributed by atoms with Gasteiger partial charge in [0.05, 0.1) is 0 Å². The highest BCUT2D eigenvalue weighted by Crippen LogP contribution is 2.30. The predicted molar refractivity (Wildman–Crippen MR) is 99.5 cm³/mol. The highest BCUT2D eigenvalue weighted by Gasteiger charge is 2.17. The van der Waals surface area contributed by atoms with E-state index in [0.717, 1.165) is 22.3 Å². The molecule has 126 valence electrons. The zero-order chi connectivity index (χ0) is 17.6. The molecule has 3 nitrogen and oxygen atoms in total. The van der Waals surface area contributed by atoms with Crippen molar-refractivity contribution in [3.05, 3.63) is 84.2 Å². The first-order chi connectivity index (χ1) is 12.2. The molecule has 0 amide bonds. The molecule has 0 saturated carbocycles. The third-order valence-corrected chi connectivity index (χ3v) is 4.43. The molecule has 0 fully saturated rings. The van der Waals surface area contributed by atoms with E-state index < -0.39 is 0 Å². The van der Waals surface area contributed by atoms with Crippen molar-refractivity contribution in [1.29, 1.82) is 0 Å². The van der Waals surface area contributed by atoms with Crippen LogP contribution in [0.5, 0.6) is 5.75 Å². The lowest BCUT2D eigenvalue weighted by Gasteiger charge is -2.17. The van der Waals surface area contributed by atoms with Crippen LogP contribution in [0, 0.1) is 0 Å². The molecule has 1 aromatic heterocycles. The van der Waals surface area contributed by atoms with Gasteiger partial charge in [0.2, 0.25) is 0 Å². The van der Waals surface area contributed by atoms with E-state index in [4.69, 9.17) is 0 Å². The SMILES string of the molecule is CCC(=O)CC(c1ccc(-c2ccc(O)cc2)cc1)c1cccnc1. The number of rotatable bonds is 6. The number of phenols is 1. The number of ketones is 1. The van der Waals surface area contributed by atoms with E-state index in [-0.39, 0.29) is 17.5 Å². The van der Waals surface area contributed by atoms with Gasteiger partial charge in [-0.2, -0.15) is 0 Å². The van der Waals surface area contributed by atoms with E-state index in [1.807, 2.05) is 37.4 Å². The van der Waals surface area contributed by atoms with Gasteiger partial charge in [-0.25, -0.2) is 0 Å². The van der Waals surface area contributed by atoms with Gasteiger partial charge >= 0.3 is 0 Å². The number of aromatic hydroxyl groups is 1. The van der Waals surface area contributed by atoms with Crippen LogP contribution in [-0.4, -0.2) is 15.9 Å². The number of hydrogen-bond donors (Lipinski definition) is 1. The van der Waals surface area contributed by atoms with Crippen LogP contribution in [0.4, 0.5) is 0 Å². The van der Waals surface area contributed by atoms with Crippen molar-refractivity contribution in [2.75, 3.05) is 0 Å². The summed E-state index contributed by atoms with van der Waals surface area (Å²) in [5.41, 5.74) is 4.29. The second kappa shape index (κ2) is 7.75. The van der Waals surface area contributed by atoms with Crippen molar-refractivity contribution in [1.82, 2.24) is 4.98 Å². The van der Waals surface area contributed by atoms with Crippen molar-refractivity contribution in [3.8, 4) is 16.9 Å². The summed E-state index contributed by atoms with van der Waals surface area (Å²) in [4.78, 5) is 16.2. The molecule has 3 rings (SSSR count). The summed E-state index contributed by atoms with van der Waals surface area (Å²) < 4.78 is 0. The molecule has 0 aliphatic carbocycles. The highest BCUT2D eigenvalue weighted by molar-refractivity contribution is 5.79. The Kier molecular flexibility index (Phi) is 5.24. The number of nitrogens with zero attached hydrogens (tertiary/aromatic N) is 1. The first-order valence-corrected chi connectivity index (χ1v) is 8.48. The summed E-state index contributed by atoms with van der Waals surface area (Å²) in [5.74, 6) is 0.529. The number of benzene rings is 2. The molecule has 0 aliphatic rings. The van der Waals surface area contributed by atoms with Gasteiger partial charge in [0.1, 0.15) is 11.5 Å². The number of carbonyl (C=O) groups excluding carboxylic acids is 1. The molecule has 3 aromatic rings. The summed E-state index contributed by atoms with van der Waals surface area (Å²) in [6.07, 6.45) is 4.61. The summed E-state index contributed by atoms with van der Waals surface area (Å²) in [6, 6.07) is 19.3. The Morgan fingerprint density at radius 2 is 1.60 bits per heavy atom. The molecule has 0 saturated heterocycles. The zero-order valence-electron chi connectivity index (χ0n) is 14.2. The fraction of sp³-hybridized carbons (Fsp3) is 0.182. The third-order valence-electron chi connectivity index (χ3n) is 4.43. The largest absolute Gasteiger partial charge is 0.508 e. The molecule has 0 spiro atoms. The lowest BCUT2D eigenvalue weighted by Crippen LogP contribution is -2.08. The van der Waals surface area contributed by atoms with Crippen LogP contribution in [0.1, 0.15) is 36.8 Å². The number of hydrogen-bond acceptors (Lipinski definition) is 3. The topological polar surface area (TPSA) is 50.2 Å². The Morgan fingerprint density at radius 3 is 2.16 bits per heavy atom. The quantitative estimate of drug-likeness (QED) is 0.695. The lowest BCUT2D eigenvalue weighted by atomic mass is 9.87. The van der Waals surface area contributed by atoms with E-state index in [1.54, 1.807) is 18.3 Å². The predicted octanol–water partition coefficient (Wildman–Crippen LogP) is 4.96. The first-order valence-electron chi connectivity index (χ1n) is 8.48. The maximum Gasteiger partial charge on any atom is 0.133 e. The van der Waals surface area contributed by atoms with Crippen LogP contribution >= 0.6 is 0 Å². The molecule has 3 heteroatoms. The smallest absolute Gasteiger partial charge is 0.133 e. The Hall–Kier alpha value is -2.94. The van der Waals surface area contributed by atoms with Crippen LogP contribution < -0.4 is 0 Å². The van der Waals surface area contributed by atoms with Crippen LogP contribution in [0.2, 0.25) is 0 Å². The molecule has 0 aliphatic heterocycles. The van der Waals surface area contributed by atoms with Crippen molar-refractivity contribution >= 4 is 5.78 Å². The number of Topliss-reactive ketones (excluding diaryl/α,β-unsaturated/α-hetero) is 1. The van der Waals surface area contributed by atoms with Crippen molar-refractivity contribution in [3.63, 3.8) is 0 Å². The average molecular weight is 331 g/mol. The van der Waals surface area contributed by atoms with Gasteiger partial charge in [-0.05, 0) is 40.5 Å². The Labute approximate surface area is 148 Å². The van der Waals surface area contributed by atoms with E-state index in [9.17, 15) is 9.90 Å². The number of carbonyl (C=O) groups is 1. The fourth-order valence-corrected chi connectivity index (χ4v) is 2.94. The van der Waals surface area contributed by atoms with Crippen LogP contribution in [-0.2, 0) is 4.79 Å². The van der Waals surface area contributed by atoms with Gasteiger partial charge in [0.25, 0.3) is 0 Å². The standard InChI is InChI=1S/C22H21NO2/c1-2-20(24)14-22(19-4-3-13-23-15-19)18-7-5-16(6-8-18)17-9-11-21(25)12-10-17/h3-13,15,22,25H,2,14H2,1H3. The number of pyridine rings is 1. The molecule has 1 heterocycles. The molecule has 0 radical (unpaired) electrons. The molecule has 25 heavy (non-hydrogen) atoms. The summed E-state index contributed by atoms with van der Waals surface area (Å²) in [6.45, 7) is 1.90. The molecule has 1 atom stereocenters. The van der Waals surface area contributed by atoms with E-state index in [2.05, 4.69) is 29.2 Å². The monoisotopic (exact) mass is 331 g/mol. The van der Waals surface area contributed by atoms with E-state index in [1.165, 1.54) is 0 Å². The molecular weight excluding hydrogens is 310 g/mol. The summed E-state index contributed by atoms with van der Waals surface area (Å²) in [5, 5.41) is 9.42. The molecule has 1 N–H and O–H groups in total. The Balaban J connectivity index is 1.91. The minimum absolute atomic E-state index is 0.0232. The van der Waals surface area contributed by atoms with Crippen LogP contribution in [0.3, 0.4) is 0 Å². The van der Waals surface area contributed by atoms with Crippen molar-refractivity contribution in [2.45, 2.75) is 25.7 Å².